The molecule has 0 aromatic heterocycles. The zero-order valence-corrected chi connectivity index (χ0v) is 31.0. The second kappa shape index (κ2) is 13.4. The molecule has 1 nitrogen and oxygen atoms in total. The van der Waals surface area contributed by atoms with E-state index >= 15 is 0 Å². The third-order valence-corrected chi connectivity index (χ3v) is 24.1. The molecule has 1 atom stereocenters. The maximum atomic E-state index is 6.92. The van der Waals surface area contributed by atoms with Crippen LogP contribution in [-0.4, -0.2) is 34.2 Å². The molecule has 4 rings (SSSR count). The van der Waals surface area contributed by atoms with Crippen molar-refractivity contribution < 1.29 is 0 Å². The van der Waals surface area contributed by atoms with E-state index < -0.39 is 23.9 Å². The summed E-state index contributed by atoms with van der Waals surface area (Å²) in [6.45, 7) is 17.2. The zero-order valence-electron chi connectivity index (χ0n) is 26.3. The van der Waals surface area contributed by atoms with Crippen LogP contribution in [0, 0.1) is 0 Å². The second-order valence-electron chi connectivity index (χ2n) is 13.4. The van der Waals surface area contributed by atoms with Crippen molar-refractivity contribution in [2.45, 2.75) is 77.0 Å². The summed E-state index contributed by atoms with van der Waals surface area (Å²) in [5.41, 5.74) is 0. The van der Waals surface area contributed by atoms with Crippen molar-refractivity contribution in [2.24, 2.45) is 0 Å². The molecule has 1 unspecified atom stereocenters. The summed E-state index contributed by atoms with van der Waals surface area (Å²) in [5, 5.41) is 5.61. The van der Waals surface area contributed by atoms with E-state index in [9.17, 15) is 0 Å². The fourth-order valence-electron chi connectivity index (χ4n) is 7.52. The van der Waals surface area contributed by atoms with E-state index in [2.05, 4.69) is 174 Å². The molecule has 4 aromatic carbocycles. The molecule has 0 N–H and O–H groups in total. The van der Waals surface area contributed by atoms with E-state index in [1.165, 1.54) is 20.7 Å². The Morgan fingerprint density at radius 2 is 0.810 bits per heavy atom. The van der Waals surface area contributed by atoms with E-state index in [1.807, 2.05) is 0 Å². The van der Waals surface area contributed by atoms with Crippen molar-refractivity contribution in [3.8, 4) is 0 Å². The van der Waals surface area contributed by atoms with Gasteiger partial charge in [0.05, 0.1) is 0 Å². The van der Waals surface area contributed by atoms with Crippen LogP contribution in [0.4, 0.5) is 0 Å². The van der Waals surface area contributed by atoms with Gasteiger partial charge in [0.1, 0.15) is 0 Å². The normalized spacial score (nSPS) is 13.9. The number of nitrogens with zero attached hydrogens (tertiary/aromatic N) is 1. The van der Waals surface area contributed by atoms with Gasteiger partial charge in [-0.2, -0.15) is 22.2 Å². The molecule has 0 spiro atoms. The molecule has 0 saturated heterocycles. The summed E-state index contributed by atoms with van der Waals surface area (Å²) >= 11 is 13.8. The lowest BCUT2D eigenvalue weighted by Crippen LogP contribution is -2.89. The van der Waals surface area contributed by atoms with Gasteiger partial charge in [0.25, 0.3) is 0 Å². The molecule has 0 aliphatic carbocycles. The summed E-state index contributed by atoms with van der Waals surface area (Å²) < 4.78 is 3.15. The summed E-state index contributed by atoms with van der Waals surface area (Å²) in [4.78, 5) is 0. The van der Waals surface area contributed by atoms with Gasteiger partial charge in [-0.1, -0.05) is 170 Å². The highest BCUT2D eigenvalue weighted by atomic mass is 35.7. The van der Waals surface area contributed by atoms with E-state index in [1.54, 1.807) is 0 Å². The van der Waals surface area contributed by atoms with Crippen LogP contribution in [0.15, 0.2) is 121 Å². The Morgan fingerprint density at radius 1 is 0.548 bits per heavy atom. The minimum absolute atomic E-state index is 0.0775. The first kappa shape index (κ1) is 33.0. The van der Waals surface area contributed by atoms with Crippen LogP contribution >= 0.6 is 22.2 Å². The molecule has 0 amide bonds. The maximum Gasteiger partial charge on any atom is 0.238 e. The summed E-state index contributed by atoms with van der Waals surface area (Å²) in [6, 6.07) is 46.7. The summed E-state index contributed by atoms with van der Waals surface area (Å²) in [5.74, 6) is 0. The van der Waals surface area contributed by atoms with Gasteiger partial charge in [-0.05, 0) is 49.3 Å². The van der Waals surface area contributed by atoms with Gasteiger partial charge in [-0.15, -0.1) is 0 Å². The van der Waals surface area contributed by atoms with Crippen LogP contribution in [0.2, 0.25) is 16.1 Å². The minimum atomic E-state index is -2.84. The molecule has 0 heterocycles. The van der Waals surface area contributed by atoms with Gasteiger partial charge in [0.15, 0.2) is 16.5 Å². The van der Waals surface area contributed by atoms with Crippen LogP contribution in [0.25, 0.3) is 0 Å². The van der Waals surface area contributed by atoms with Gasteiger partial charge in [0, 0.05) is 0 Å². The molecular weight excluding hydrogens is 602 g/mol. The Kier molecular flexibility index (Phi) is 10.5. The SMILES string of the molecule is CCC(C[SiH](Cl)Cl)N([Si](c1ccccc1)(c1ccccc1)C(C)(C)C)[Si](c1ccccc1)(c1ccccc1)C(C)(C)C. The van der Waals surface area contributed by atoms with Crippen molar-refractivity contribution >= 4 is 66.8 Å². The summed E-state index contributed by atoms with van der Waals surface area (Å²) in [7, 11) is -7.66. The van der Waals surface area contributed by atoms with Crippen molar-refractivity contribution in [3.05, 3.63) is 121 Å². The fraction of sp³-hybridized carbons (Fsp3) is 0.333. The van der Waals surface area contributed by atoms with Crippen molar-refractivity contribution in [1.29, 1.82) is 0 Å². The number of benzene rings is 4. The third-order valence-electron chi connectivity index (χ3n) is 8.95. The average molecular weight is 649 g/mol. The quantitative estimate of drug-likeness (QED) is 0.125. The highest BCUT2D eigenvalue weighted by Crippen LogP contribution is 2.49. The average Bonchev–Trinajstić information content (AvgIpc) is 2.96. The first-order valence-corrected chi connectivity index (χ1v) is 23.4. The molecule has 0 aliphatic heterocycles. The van der Waals surface area contributed by atoms with Gasteiger partial charge in [-0.25, -0.2) is 0 Å². The Balaban J connectivity index is 2.36. The van der Waals surface area contributed by atoms with Crippen molar-refractivity contribution in [1.82, 2.24) is 4.23 Å². The molecular formula is C36H47Cl2NSi3. The number of hydrogen-bond acceptors (Lipinski definition) is 1. The molecule has 42 heavy (non-hydrogen) atoms. The minimum Gasteiger partial charge on any atom is -0.328 e. The first-order chi connectivity index (χ1) is 19.9. The maximum absolute atomic E-state index is 6.92. The topological polar surface area (TPSA) is 3.24 Å². The Morgan fingerprint density at radius 3 is 1.00 bits per heavy atom. The van der Waals surface area contributed by atoms with Crippen molar-refractivity contribution in [3.63, 3.8) is 0 Å². The fourth-order valence-corrected chi connectivity index (χ4v) is 26.8. The molecule has 0 bridgehead atoms. The zero-order chi connectivity index (χ0) is 30.6. The molecule has 0 saturated carbocycles. The molecule has 222 valence electrons. The van der Waals surface area contributed by atoms with Crippen LogP contribution < -0.4 is 20.7 Å². The van der Waals surface area contributed by atoms with Crippen molar-refractivity contribution in [2.75, 3.05) is 0 Å². The smallest absolute Gasteiger partial charge is 0.238 e. The Bertz CT molecular complexity index is 1210. The Labute approximate surface area is 268 Å². The lowest BCUT2D eigenvalue weighted by molar-refractivity contribution is 0.427. The number of hydrogen-bond donors (Lipinski definition) is 0. The number of rotatable bonds is 10. The summed E-state index contributed by atoms with van der Waals surface area (Å²) in [6.07, 6.45) is 0.984. The largest absolute Gasteiger partial charge is 0.328 e. The van der Waals surface area contributed by atoms with E-state index in [4.69, 9.17) is 22.2 Å². The lowest BCUT2D eigenvalue weighted by atomic mass is 10.2. The highest BCUT2D eigenvalue weighted by Gasteiger charge is 2.65. The molecule has 0 radical (unpaired) electrons. The lowest BCUT2D eigenvalue weighted by Gasteiger charge is -2.64. The molecule has 0 aliphatic rings. The van der Waals surface area contributed by atoms with E-state index in [0.717, 1.165) is 12.5 Å². The van der Waals surface area contributed by atoms with Crippen LogP contribution in [-0.2, 0) is 0 Å². The van der Waals surface area contributed by atoms with E-state index in [0.29, 0.717) is 0 Å². The predicted molar refractivity (Wildman–Crippen MR) is 195 cm³/mol. The van der Waals surface area contributed by atoms with Gasteiger partial charge in [0.2, 0.25) is 7.42 Å². The monoisotopic (exact) mass is 647 g/mol. The van der Waals surface area contributed by atoms with Crippen LogP contribution in [0.1, 0.15) is 54.9 Å². The van der Waals surface area contributed by atoms with Gasteiger partial charge < -0.3 is 4.23 Å². The van der Waals surface area contributed by atoms with Gasteiger partial charge >= 0.3 is 0 Å². The third kappa shape index (κ3) is 5.91. The number of halogens is 2. The first-order valence-electron chi connectivity index (χ1n) is 15.2. The predicted octanol–water partition coefficient (Wildman–Crippen LogP) is 7.89. The van der Waals surface area contributed by atoms with Crippen LogP contribution in [0.3, 0.4) is 0 Å². The van der Waals surface area contributed by atoms with Crippen LogP contribution in [0.5, 0.6) is 0 Å². The standard InChI is InChI=1S/C36H47Cl2NSi3/c1-8-30(29-40(37)38)39(41(35(2,3)4,31-21-13-9-14-22-31)32-23-15-10-16-24-32)42(36(5,6)7,33-25-17-11-18-26-33)34-27-19-12-20-28-34/h9-28,30,40H,8,29H2,1-7H3. The Hall–Kier alpha value is -1.93. The molecule has 0 fully saturated rings. The highest BCUT2D eigenvalue weighted by molar-refractivity contribution is 7.33. The molecule has 4 aromatic rings. The molecule has 6 heteroatoms. The second-order valence-corrected chi connectivity index (χ2v) is 28.1. The van der Waals surface area contributed by atoms with E-state index in [-0.39, 0.29) is 16.1 Å². The van der Waals surface area contributed by atoms with Gasteiger partial charge in [-0.3, -0.25) is 0 Å².